The molecule has 2 aromatic heterocycles. The molecule has 98 valence electrons. The molecule has 0 spiro atoms. The summed E-state index contributed by atoms with van der Waals surface area (Å²) in [6.45, 7) is 9.45. The van der Waals surface area contributed by atoms with Crippen LogP contribution in [0.5, 0.6) is 0 Å². The first-order chi connectivity index (χ1) is 8.61. The highest BCUT2D eigenvalue weighted by atomic mass is 32.1. The van der Waals surface area contributed by atoms with Gasteiger partial charge >= 0.3 is 0 Å². The van der Waals surface area contributed by atoms with E-state index in [0.29, 0.717) is 6.04 Å². The molecule has 0 aliphatic heterocycles. The number of aryl methyl sites for hydroxylation is 2. The summed E-state index contributed by atoms with van der Waals surface area (Å²) in [6, 6.07) is 2.64. The largest absolute Gasteiger partial charge is 0.351 e. The number of rotatable bonds is 5. The average Bonchev–Trinajstić information content (AvgIpc) is 2.91. The summed E-state index contributed by atoms with van der Waals surface area (Å²) in [7, 11) is 0. The minimum Gasteiger partial charge on any atom is -0.351 e. The number of imidazole rings is 1. The number of thiophene rings is 1. The van der Waals surface area contributed by atoms with E-state index in [4.69, 9.17) is 0 Å². The first-order valence-electron chi connectivity index (χ1n) is 6.46. The van der Waals surface area contributed by atoms with Crippen LogP contribution >= 0.6 is 11.3 Å². The highest BCUT2D eigenvalue weighted by molar-refractivity contribution is 7.10. The van der Waals surface area contributed by atoms with Gasteiger partial charge < -0.3 is 9.88 Å². The van der Waals surface area contributed by atoms with Crippen molar-refractivity contribution in [2.75, 3.05) is 5.32 Å². The topological polar surface area (TPSA) is 29.9 Å². The lowest BCUT2D eigenvalue weighted by atomic mass is 10.2. The monoisotopic (exact) mass is 263 g/mol. The Morgan fingerprint density at radius 3 is 2.89 bits per heavy atom. The van der Waals surface area contributed by atoms with Crippen LogP contribution in [-0.4, -0.2) is 9.55 Å². The summed E-state index contributed by atoms with van der Waals surface area (Å²) >= 11 is 1.81. The molecular formula is C14H21N3S. The molecule has 0 aromatic carbocycles. The highest BCUT2D eigenvalue weighted by Gasteiger charge is 2.09. The molecule has 0 radical (unpaired) electrons. The van der Waals surface area contributed by atoms with E-state index < -0.39 is 0 Å². The predicted molar refractivity (Wildman–Crippen MR) is 78.4 cm³/mol. The van der Waals surface area contributed by atoms with Crippen LogP contribution in [0.15, 0.2) is 17.6 Å². The van der Waals surface area contributed by atoms with E-state index in [0.717, 1.165) is 24.6 Å². The van der Waals surface area contributed by atoms with Gasteiger partial charge in [-0.25, -0.2) is 4.98 Å². The van der Waals surface area contributed by atoms with Crippen LogP contribution in [-0.2, 0) is 13.0 Å². The Morgan fingerprint density at radius 1 is 1.44 bits per heavy atom. The van der Waals surface area contributed by atoms with Crippen LogP contribution in [0.3, 0.4) is 0 Å². The van der Waals surface area contributed by atoms with Gasteiger partial charge in [-0.15, -0.1) is 11.3 Å². The van der Waals surface area contributed by atoms with Crippen molar-refractivity contribution in [3.8, 4) is 0 Å². The molecule has 0 saturated carbocycles. The van der Waals surface area contributed by atoms with Crippen LogP contribution in [0, 0.1) is 6.92 Å². The van der Waals surface area contributed by atoms with Crippen molar-refractivity contribution in [2.24, 2.45) is 0 Å². The molecule has 0 aliphatic rings. The van der Waals surface area contributed by atoms with Gasteiger partial charge in [0.15, 0.2) is 0 Å². The minimum absolute atomic E-state index is 0.433. The Bertz CT molecular complexity index is 511. The second-order valence-corrected chi connectivity index (χ2v) is 5.78. The van der Waals surface area contributed by atoms with Crippen LogP contribution in [0.25, 0.3) is 0 Å². The lowest BCUT2D eigenvalue weighted by molar-refractivity contribution is 0.604. The Balaban J connectivity index is 2.10. The van der Waals surface area contributed by atoms with Gasteiger partial charge in [0.1, 0.15) is 0 Å². The lowest BCUT2D eigenvalue weighted by Gasteiger charge is -2.12. The van der Waals surface area contributed by atoms with Gasteiger partial charge in [0.05, 0.1) is 12.2 Å². The predicted octanol–water partition coefficient (Wildman–Crippen LogP) is 4.01. The number of hydrogen-bond acceptors (Lipinski definition) is 3. The second kappa shape index (κ2) is 5.57. The van der Waals surface area contributed by atoms with Crippen molar-refractivity contribution in [3.63, 3.8) is 0 Å². The van der Waals surface area contributed by atoms with E-state index in [-0.39, 0.29) is 0 Å². The number of hydrogen-bond donors (Lipinski definition) is 1. The van der Waals surface area contributed by atoms with Gasteiger partial charge in [-0.2, -0.15) is 0 Å². The summed E-state index contributed by atoms with van der Waals surface area (Å²) in [5, 5.41) is 5.62. The van der Waals surface area contributed by atoms with Gasteiger partial charge in [-0.1, -0.05) is 6.92 Å². The molecular weight excluding hydrogens is 242 g/mol. The van der Waals surface area contributed by atoms with Crippen LogP contribution < -0.4 is 5.32 Å². The normalized spacial score (nSPS) is 11.2. The van der Waals surface area contributed by atoms with Gasteiger partial charge in [-0.3, -0.25) is 0 Å². The zero-order valence-electron chi connectivity index (χ0n) is 11.5. The Morgan fingerprint density at radius 2 is 2.22 bits per heavy atom. The maximum atomic E-state index is 4.54. The summed E-state index contributed by atoms with van der Waals surface area (Å²) in [5.74, 6) is 0.970. The fraction of sp³-hybridized carbons (Fsp3) is 0.500. The van der Waals surface area contributed by atoms with Gasteiger partial charge in [0, 0.05) is 17.1 Å². The second-order valence-electron chi connectivity index (χ2n) is 4.78. The van der Waals surface area contributed by atoms with Crippen LogP contribution in [0.4, 0.5) is 5.95 Å². The molecule has 3 nitrogen and oxygen atoms in total. The molecule has 0 amide bonds. The zero-order chi connectivity index (χ0) is 13.1. The Labute approximate surface area is 113 Å². The van der Waals surface area contributed by atoms with E-state index >= 15 is 0 Å². The standard InChI is InChI=1S/C14H21N3S/c1-5-12-6-7-18-13(12)8-15-14-16-11(4)9-17(14)10(2)3/h6-7,9-10H,5,8H2,1-4H3,(H,15,16). The molecule has 4 heteroatoms. The third-order valence-electron chi connectivity index (χ3n) is 3.03. The molecule has 0 atom stereocenters. The quantitative estimate of drug-likeness (QED) is 0.883. The molecule has 1 N–H and O–H groups in total. The molecule has 0 aliphatic carbocycles. The van der Waals surface area contributed by atoms with Crippen molar-refractivity contribution in [1.29, 1.82) is 0 Å². The SMILES string of the molecule is CCc1ccsc1CNc1nc(C)cn1C(C)C. The van der Waals surface area contributed by atoms with Crippen molar-refractivity contribution >= 4 is 17.3 Å². The van der Waals surface area contributed by atoms with Gasteiger partial charge in [-0.05, 0) is 44.2 Å². The number of anilines is 1. The number of nitrogens with one attached hydrogen (secondary N) is 1. The van der Waals surface area contributed by atoms with E-state index in [1.807, 2.05) is 18.3 Å². The number of aromatic nitrogens is 2. The van der Waals surface area contributed by atoms with E-state index in [1.165, 1.54) is 10.4 Å². The Kier molecular flexibility index (Phi) is 4.07. The summed E-state index contributed by atoms with van der Waals surface area (Å²) in [5.41, 5.74) is 2.50. The third kappa shape index (κ3) is 2.75. The number of nitrogens with zero attached hydrogens (tertiary/aromatic N) is 2. The fourth-order valence-electron chi connectivity index (χ4n) is 2.04. The fourth-order valence-corrected chi connectivity index (χ4v) is 2.95. The molecule has 2 heterocycles. The molecule has 0 bridgehead atoms. The smallest absolute Gasteiger partial charge is 0.203 e. The summed E-state index contributed by atoms with van der Waals surface area (Å²) in [6.07, 6.45) is 3.19. The van der Waals surface area contributed by atoms with Gasteiger partial charge in [0.25, 0.3) is 0 Å². The maximum absolute atomic E-state index is 4.54. The molecule has 0 unspecified atom stereocenters. The van der Waals surface area contributed by atoms with Crippen LogP contribution in [0.1, 0.15) is 42.9 Å². The van der Waals surface area contributed by atoms with Crippen LogP contribution in [0.2, 0.25) is 0 Å². The molecule has 0 fully saturated rings. The van der Waals surface area contributed by atoms with Crippen molar-refractivity contribution in [1.82, 2.24) is 9.55 Å². The maximum Gasteiger partial charge on any atom is 0.203 e. The van der Waals surface area contributed by atoms with E-state index in [9.17, 15) is 0 Å². The molecule has 18 heavy (non-hydrogen) atoms. The first-order valence-corrected chi connectivity index (χ1v) is 7.34. The van der Waals surface area contributed by atoms with E-state index in [1.54, 1.807) is 0 Å². The Hall–Kier alpha value is -1.29. The first kappa shape index (κ1) is 13.1. The van der Waals surface area contributed by atoms with Crippen molar-refractivity contribution in [3.05, 3.63) is 33.8 Å². The van der Waals surface area contributed by atoms with Gasteiger partial charge in [0.2, 0.25) is 5.95 Å². The average molecular weight is 263 g/mol. The minimum atomic E-state index is 0.433. The highest BCUT2D eigenvalue weighted by Crippen LogP contribution is 2.20. The van der Waals surface area contributed by atoms with E-state index in [2.05, 4.69) is 53.3 Å². The molecule has 0 saturated heterocycles. The summed E-state index contributed by atoms with van der Waals surface area (Å²) < 4.78 is 2.19. The summed E-state index contributed by atoms with van der Waals surface area (Å²) in [4.78, 5) is 5.95. The van der Waals surface area contributed by atoms with Crippen molar-refractivity contribution < 1.29 is 0 Å². The molecule has 2 aromatic rings. The molecule has 2 rings (SSSR count). The zero-order valence-corrected chi connectivity index (χ0v) is 12.3. The third-order valence-corrected chi connectivity index (χ3v) is 4.00. The lowest BCUT2D eigenvalue weighted by Crippen LogP contribution is -2.08. The van der Waals surface area contributed by atoms with Crippen molar-refractivity contribution in [2.45, 2.75) is 46.7 Å².